The number of hydrogen-bond acceptors (Lipinski definition) is 3. The standard InChI is InChI=1S/C8H8NO3.3C4H9.Sn/c1-9-4-3-6(5-7(9)10)8(11)12-2;3*1-3-4-2;/h4-5H,1-2H3;3*1,3-4H2,2H3;. The molecule has 4 nitrogen and oxygen atoms in total. The molecule has 0 aliphatic heterocycles. The van der Waals surface area contributed by atoms with Crippen LogP contribution in [0.25, 0.3) is 0 Å². The van der Waals surface area contributed by atoms with Crippen molar-refractivity contribution in [3.63, 3.8) is 0 Å². The molecule has 0 atom stereocenters. The Morgan fingerprint density at radius 2 is 1.52 bits per heavy atom. The zero-order chi connectivity index (χ0) is 18.9. The molecule has 142 valence electrons. The fraction of sp³-hybridized carbons (Fsp3) is 0.700. The van der Waals surface area contributed by atoms with Gasteiger partial charge in [0.15, 0.2) is 0 Å². The van der Waals surface area contributed by atoms with Gasteiger partial charge in [-0.3, -0.25) is 0 Å². The number of carbonyl (C=O) groups excluding carboxylic acids is 1. The summed E-state index contributed by atoms with van der Waals surface area (Å²) in [4.78, 5) is 24.6. The molecule has 0 unspecified atom stereocenters. The molecule has 0 spiro atoms. The van der Waals surface area contributed by atoms with Crippen LogP contribution >= 0.6 is 0 Å². The monoisotopic (exact) mass is 457 g/mol. The Labute approximate surface area is 156 Å². The van der Waals surface area contributed by atoms with E-state index in [9.17, 15) is 9.59 Å². The van der Waals surface area contributed by atoms with E-state index in [0.717, 1.165) is 0 Å². The number of esters is 1. The van der Waals surface area contributed by atoms with E-state index in [0.29, 0.717) is 5.56 Å². The van der Waals surface area contributed by atoms with Crippen LogP contribution in [0.2, 0.25) is 13.3 Å². The molecule has 0 radical (unpaired) electrons. The van der Waals surface area contributed by atoms with E-state index in [1.807, 2.05) is 6.20 Å². The van der Waals surface area contributed by atoms with Gasteiger partial charge in [-0.1, -0.05) is 0 Å². The number of hydrogen-bond donors (Lipinski definition) is 0. The van der Waals surface area contributed by atoms with Crippen molar-refractivity contribution in [3.8, 4) is 0 Å². The van der Waals surface area contributed by atoms with Gasteiger partial charge in [0.05, 0.1) is 0 Å². The molecule has 0 fully saturated rings. The summed E-state index contributed by atoms with van der Waals surface area (Å²) in [6, 6.07) is 1.51. The Morgan fingerprint density at radius 1 is 1.04 bits per heavy atom. The molecule has 0 saturated heterocycles. The third-order valence-corrected chi connectivity index (χ3v) is 20.9. The van der Waals surface area contributed by atoms with Gasteiger partial charge in [-0.05, 0) is 0 Å². The van der Waals surface area contributed by atoms with E-state index in [1.165, 1.54) is 68.6 Å². The Bertz CT molecular complexity index is 588. The van der Waals surface area contributed by atoms with Crippen molar-refractivity contribution in [3.05, 3.63) is 28.2 Å². The third kappa shape index (κ3) is 5.86. The first-order chi connectivity index (χ1) is 12.0. The van der Waals surface area contributed by atoms with E-state index in [1.54, 1.807) is 11.6 Å². The summed E-state index contributed by atoms with van der Waals surface area (Å²) < 4.78 is 11.7. The average Bonchev–Trinajstić information content (AvgIpc) is 2.62. The quantitative estimate of drug-likeness (QED) is 0.370. The van der Waals surface area contributed by atoms with E-state index in [4.69, 9.17) is 4.74 Å². The number of methoxy groups -OCH3 is 1. The molecular weight excluding hydrogens is 421 g/mol. The molecule has 0 aliphatic carbocycles. The molecule has 0 saturated carbocycles. The van der Waals surface area contributed by atoms with Crippen molar-refractivity contribution in [1.29, 1.82) is 0 Å². The molecule has 25 heavy (non-hydrogen) atoms. The van der Waals surface area contributed by atoms with Crippen LogP contribution in [-0.2, 0) is 11.8 Å². The summed E-state index contributed by atoms with van der Waals surface area (Å²) in [5.74, 6) is -0.349. The second-order valence-corrected chi connectivity index (χ2v) is 20.3. The Morgan fingerprint density at radius 3 is 1.92 bits per heavy atom. The van der Waals surface area contributed by atoms with Crippen LogP contribution < -0.4 is 9.14 Å². The van der Waals surface area contributed by atoms with Crippen molar-refractivity contribution < 1.29 is 9.53 Å². The number of carbonyl (C=O) groups is 1. The Kier molecular flexibility index (Phi) is 9.83. The maximum absolute atomic E-state index is 12.4. The van der Waals surface area contributed by atoms with Gasteiger partial charge in [-0.25, -0.2) is 0 Å². The van der Waals surface area contributed by atoms with Gasteiger partial charge in [0.25, 0.3) is 0 Å². The maximum atomic E-state index is 12.4. The second kappa shape index (κ2) is 11.0. The predicted octanol–water partition coefficient (Wildman–Crippen LogP) is 4.23. The van der Waals surface area contributed by atoms with Crippen molar-refractivity contribution in [2.45, 2.75) is 72.6 Å². The van der Waals surface area contributed by atoms with Crippen molar-refractivity contribution in [1.82, 2.24) is 4.57 Å². The van der Waals surface area contributed by atoms with Crippen LogP contribution in [-0.4, -0.2) is 36.0 Å². The molecule has 0 aromatic carbocycles. The molecule has 1 aromatic rings. The zero-order valence-corrected chi connectivity index (χ0v) is 19.5. The van der Waals surface area contributed by atoms with Gasteiger partial charge in [0, 0.05) is 0 Å². The fourth-order valence-electron chi connectivity index (χ4n) is 3.66. The predicted molar refractivity (Wildman–Crippen MR) is 108 cm³/mol. The van der Waals surface area contributed by atoms with Crippen LogP contribution in [0.5, 0.6) is 0 Å². The number of aromatic nitrogens is 1. The minimum absolute atomic E-state index is 0.134. The second-order valence-electron chi connectivity index (χ2n) is 7.13. The summed E-state index contributed by atoms with van der Waals surface area (Å²) in [7, 11) is 3.20. The number of nitrogens with zero attached hydrogens (tertiary/aromatic N) is 1. The first kappa shape index (κ1) is 22.3. The van der Waals surface area contributed by atoms with E-state index < -0.39 is 18.4 Å². The molecule has 0 bridgehead atoms. The molecule has 0 aliphatic rings. The number of rotatable bonds is 11. The summed E-state index contributed by atoms with van der Waals surface area (Å²) >= 11 is -2.80. The van der Waals surface area contributed by atoms with Gasteiger partial charge in [-0.15, -0.1) is 0 Å². The molecular formula is C20H35NO3Sn. The first-order valence-corrected chi connectivity index (χ1v) is 17.2. The Balaban J connectivity index is 3.55. The zero-order valence-electron chi connectivity index (χ0n) is 16.7. The van der Waals surface area contributed by atoms with E-state index in [-0.39, 0.29) is 11.5 Å². The van der Waals surface area contributed by atoms with Gasteiger partial charge < -0.3 is 0 Å². The van der Waals surface area contributed by atoms with Crippen molar-refractivity contribution >= 4 is 27.9 Å². The molecule has 5 heteroatoms. The normalized spacial score (nSPS) is 11.6. The van der Waals surface area contributed by atoms with Crippen molar-refractivity contribution in [2.75, 3.05) is 7.11 Å². The van der Waals surface area contributed by atoms with E-state index >= 15 is 0 Å². The third-order valence-electron chi connectivity index (χ3n) is 5.23. The molecule has 1 aromatic heterocycles. The molecule has 1 heterocycles. The van der Waals surface area contributed by atoms with Gasteiger partial charge in [0.2, 0.25) is 0 Å². The number of ether oxygens (including phenoxy) is 1. The average molecular weight is 456 g/mol. The number of unbranched alkanes of at least 4 members (excludes halogenated alkanes) is 3. The fourth-order valence-corrected chi connectivity index (χ4v) is 20.4. The van der Waals surface area contributed by atoms with Crippen LogP contribution in [0.3, 0.4) is 0 Å². The summed E-state index contributed by atoms with van der Waals surface area (Å²) in [5, 5.41) is 0. The molecule has 1 rings (SSSR count). The first-order valence-electron chi connectivity index (χ1n) is 9.75. The van der Waals surface area contributed by atoms with Crippen LogP contribution in [0.4, 0.5) is 0 Å². The molecule has 0 N–H and O–H groups in total. The topological polar surface area (TPSA) is 48.3 Å². The van der Waals surface area contributed by atoms with Crippen molar-refractivity contribution in [2.24, 2.45) is 7.05 Å². The summed E-state index contributed by atoms with van der Waals surface area (Å²) in [6.07, 6.45) is 9.15. The van der Waals surface area contributed by atoms with Gasteiger partial charge in [-0.2, -0.15) is 0 Å². The van der Waals surface area contributed by atoms with Gasteiger partial charge in [0.1, 0.15) is 0 Å². The Hall–Kier alpha value is -0.781. The SMILES string of the molecule is CCC[CH2][Sn]([CH2]CCC)([CH2]CCC)[c]1cn(C)c(=O)cc1C(=O)OC. The molecule has 0 amide bonds. The van der Waals surface area contributed by atoms with Crippen LogP contribution in [0.15, 0.2) is 17.1 Å². The van der Waals surface area contributed by atoms with Crippen LogP contribution in [0, 0.1) is 0 Å². The van der Waals surface area contributed by atoms with Gasteiger partial charge >= 0.3 is 157 Å². The minimum atomic E-state index is -2.80. The van der Waals surface area contributed by atoms with Crippen LogP contribution in [0.1, 0.15) is 69.7 Å². The van der Waals surface area contributed by atoms with E-state index in [2.05, 4.69) is 20.8 Å². The number of aryl methyl sites for hydroxylation is 1. The summed E-state index contributed by atoms with van der Waals surface area (Å²) in [5.41, 5.74) is 0.413. The summed E-state index contributed by atoms with van der Waals surface area (Å²) in [6.45, 7) is 6.70. The number of pyridine rings is 1.